The first kappa shape index (κ1) is 21.7. The van der Waals surface area contributed by atoms with Crippen LogP contribution in [0.25, 0.3) is 33.2 Å². The lowest BCUT2D eigenvalue weighted by molar-refractivity contribution is 0.0797. The molecule has 33 heavy (non-hydrogen) atoms. The summed E-state index contributed by atoms with van der Waals surface area (Å²) < 4.78 is 0. The fraction of sp³-hybridized carbons (Fsp3) is 0.385. The van der Waals surface area contributed by atoms with E-state index in [2.05, 4.69) is 49.7 Å². The molecule has 1 fully saturated rings. The highest BCUT2D eigenvalue weighted by atomic mass is 16.2. The van der Waals surface area contributed by atoms with E-state index in [1.807, 2.05) is 32.3 Å². The van der Waals surface area contributed by atoms with Crippen LogP contribution in [0.15, 0.2) is 42.5 Å². The highest BCUT2D eigenvalue weighted by Crippen LogP contribution is 2.30. The number of nitrogens with zero attached hydrogens (tertiary/aromatic N) is 3. The van der Waals surface area contributed by atoms with E-state index in [1.165, 1.54) is 43.3 Å². The van der Waals surface area contributed by atoms with Crippen molar-refractivity contribution >= 4 is 27.7 Å². The number of hydrogen-bond acceptors (Lipinski definition) is 4. The normalized spacial score (nSPS) is 14.8. The van der Waals surface area contributed by atoms with E-state index in [0.29, 0.717) is 12.1 Å². The smallest absolute Gasteiger partial charge is 0.253 e. The van der Waals surface area contributed by atoms with Gasteiger partial charge < -0.3 is 15.2 Å². The fourth-order valence-corrected chi connectivity index (χ4v) is 4.74. The van der Waals surface area contributed by atoms with Crippen molar-refractivity contribution in [1.29, 1.82) is 0 Å². The average molecular weight is 445 g/mol. The maximum atomic E-state index is 12.9. The van der Waals surface area contributed by atoms with E-state index in [4.69, 9.17) is 0 Å². The van der Waals surface area contributed by atoms with Gasteiger partial charge in [-0.1, -0.05) is 12.5 Å². The second-order valence-corrected chi connectivity index (χ2v) is 9.10. The summed E-state index contributed by atoms with van der Waals surface area (Å²) in [7, 11) is 3.72. The van der Waals surface area contributed by atoms with Gasteiger partial charge in [0.2, 0.25) is 0 Å². The highest BCUT2D eigenvalue weighted by Gasteiger charge is 2.17. The fourth-order valence-electron chi connectivity index (χ4n) is 4.74. The lowest BCUT2D eigenvalue weighted by atomic mass is 10.1. The maximum Gasteiger partial charge on any atom is 0.253 e. The molecule has 0 saturated carbocycles. The van der Waals surface area contributed by atoms with Gasteiger partial charge in [0, 0.05) is 48.5 Å². The van der Waals surface area contributed by atoms with Gasteiger partial charge in [0.25, 0.3) is 5.91 Å². The molecule has 1 aliphatic heterocycles. The van der Waals surface area contributed by atoms with E-state index in [-0.39, 0.29) is 5.91 Å². The number of amides is 1. The van der Waals surface area contributed by atoms with Crippen LogP contribution >= 0.6 is 0 Å². The lowest BCUT2D eigenvalue weighted by Crippen LogP contribution is -2.32. The van der Waals surface area contributed by atoms with Crippen LogP contribution in [0.1, 0.15) is 35.2 Å². The standard InChI is InChI=1S/C26H32N6O/c1-27-10-13-31(2)26(33)19-7-9-23-21(15-19)25(30-29-23)24-16-20-14-18(6-8-22(20)28-24)17-32-11-4-3-5-12-32/h6-9,14-16,27-28H,3-5,10-13,17H2,1-2H3,(H,29,30). The number of aromatic nitrogens is 3. The van der Waals surface area contributed by atoms with Gasteiger partial charge in [-0.3, -0.25) is 14.8 Å². The van der Waals surface area contributed by atoms with Gasteiger partial charge in [-0.25, -0.2) is 0 Å². The minimum atomic E-state index is 0.0123. The first-order chi connectivity index (χ1) is 16.1. The lowest BCUT2D eigenvalue weighted by Gasteiger charge is -2.26. The molecule has 0 aliphatic carbocycles. The molecule has 3 N–H and O–H groups in total. The van der Waals surface area contributed by atoms with Crippen molar-refractivity contribution in [3.05, 3.63) is 53.6 Å². The van der Waals surface area contributed by atoms with Crippen LogP contribution in [0.2, 0.25) is 0 Å². The van der Waals surface area contributed by atoms with Crippen molar-refractivity contribution in [3.63, 3.8) is 0 Å². The summed E-state index contributed by atoms with van der Waals surface area (Å²) in [6, 6.07) is 14.6. The van der Waals surface area contributed by atoms with Gasteiger partial charge in [0.15, 0.2) is 0 Å². The Morgan fingerprint density at radius 3 is 2.73 bits per heavy atom. The molecule has 5 rings (SSSR count). The second kappa shape index (κ2) is 9.37. The van der Waals surface area contributed by atoms with Gasteiger partial charge >= 0.3 is 0 Å². The summed E-state index contributed by atoms with van der Waals surface area (Å²) in [6.07, 6.45) is 3.96. The van der Waals surface area contributed by atoms with Crippen molar-refractivity contribution in [2.45, 2.75) is 25.8 Å². The molecular formula is C26H32N6O. The van der Waals surface area contributed by atoms with Crippen LogP contribution in [0.4, 0.5) is 0 Å². The molecule has 0 spiro atoms. The average Bonchev–Trinajstić information content (AvgIpc) is 3.45. The molecule has 0 bridgehead atoms. The van der Waals surface area contributed by atoms with E-state index in [1.54, 1.807) is 4.90 Å². The number of benzene rings is 2. The van der Waals surface area contributed by atoms with Gasteiger partial charge in [0.1, 0.15) is 5.69 Å². The first-order valence-electron chi connectivity index (χ1n) is 11.8. The summed E-state index contributed by atoms with van der Waals surface area (Å²) in [6.45, 7) is 4.82. The first-order valence-corrected chi connectivity index (χ1v) is 11.8. The molecule has 0 unspecified atom stereocenters. The summed E-state index contributed by atoms with van der Waals surface area (Å²) in [5.41, 5.74) is 5.83. The molecule has 172 valence electrons. The Morgan fingerprint density at radius 1 is 1.09 bits per heavy atom. The SMILES string of the molecule is CNCCN(C)C(=O)c1ccc2[nH]nc(-c3cc4cc(CN5CCCCC5)ccc4[nH]3)c2c1. The van der Waals surface area contributed by atoms with Crippen LogP contribution in [-0.4, -0.2) is 71.2 Å². The predicted molar refractivity (Wildman–Crippen MR) is 133 cm³/mol. The molecule has 0 atom stereocenters. The van der Waals surface area contributed by atoms with Gasteiger partial charge in [-0.15, -0.1) is 0 Å². The zero-order valence-corrected chi connectivity index (χ0v) is 19.4. The largest absolute Gasteiger partial charge is 0.353 e. The Kier molecular flexibility index (Phi) is 6.15. The molecule has 1 amide bonds. The van der Waals surface area contributed by atoms with Crippen LogP contribution < -0.4 is 5.32 Å². The van der Waals surface area contributed by atoms with E-state index < -0.39 is 0 Å². The molecule has 1 saturated heterocycles. The minimum Gasteiger partial charge on any atom is -0.353 e. The number of likely N-dealkylation sites (tertiary alicyclic amines) is 1. The monoisotopic (exact) mass is 444 g/mol. The number of piperidine rings is 1. The van der Waals surface area contributed by atoms with Gasteiger partial charge in [0.05, 0.1) is 11.2 Å². The molecule has 7 nitrogen and oxygen atoms in total. The summed E-state index contributed by atoms with van der Waals surface area (Å²) in [5.74, 6) is 0.0123. The topological polar surface area (TPSA) is 80.1 Å². The number of rotatable bonds is 7. The zero-order valence-electron chi connectivity index (χ0n) is 19.4. The van der Waals surface area contributed by atoms with E-state index >= 15 is 0 Å². The van der Waals surface area contributed by atoms with Crippen LogP contribution in [0, 0.1) is 0 Å². The van der Waals surface area contributed by atoms with Crippen molar-refractivity contribution in [2.75, 3.05) is 40.3 Å². The Morgan fingerprint density at radius 2 is 1.91 bits per heavy atom. The number of carbonyl (C=O) groups excluding carboxylic acids is 1. The van der Waals surface area contributed by atoms with E-state index in [9.17, 15) is 4.79 Å². The molecule has 2 aromatic heterocycles. The van der Waals surface area contributed by atoms with Crippen molar-refractivity contribution in [3.8, 4) is 11.4 Å². The van der Waals surface area contributed by atoms with Crippen molar-refractivity contribution in [1.82, 2.24) is 30.3 Å². The van der Waals surface area contributed by atoms with Gasteiger partial charge in [-0.05, 0) is 74.9 Å². The molecule has 7 heteroatoms. The molecule has 3 heterocycles. The molecule has 2 aromatic carbocycles. The predicted octanol–water partition coefficient (Wildman–Crippen LogP) is 3.99. The maximum absolute atomic E-state index is 12.9. The summed E-state index contributed by atoms with van der Waals surface area (Å²) in [4.78, 5) is 20.7. The third-order valence-electron chi connectivity index (χ3n) is 6.65. The third-order valence-corrected chi connectivity index (χ3v) is 6.65. The Balaban J connectivity index is 1.43. The van der Waals surface area contributed by atoms with Crippen LogP contribution in [-0.2, 0) is 6.54 Å². The summed E-state index contributed by atoms with van der Waals surface area (Å²) >= 11 is 0. The van der Waals surface area contributed by atoms with Crippen LogP contribution in [0.3, 0.4) is 0 Å². The number of aromatic amines is 2. The van der Waals surface area contributed by atoms with Crippen molar-refractivity contribution in [2.24, 2.45) is 0 Å². The number of likely N-dealkylation sites (N-methyl/N-ethyl adjacent to an activating group) is 2. The van der Waals surface area contributed by atoms with Gasteiger partial charge in [-0.2, -0.15) is 5.10 Å². The second-order valence-electron chi connectivity index (χ2n) is 9.10. The zero-order chi connectivity index (χ0) is 22.8. The number of fused-ring (bicyclic) bond motifs is 2. The van der Waals surface area contributed by atoms with Crippen LogP contribution in [0.5, 0.6) is 0 Å². The number of hydrogen-bond donors (Lipinski definition) is 3. The third kappa shape index (κ3) is 4.51. The molecular weight excluding hydrogens is 412 g/mol. The Bertz CT molecular complexity index is 1270. The minimum absolute atomic E-state index is 0.0123. The molecule has 1 aliphatic rings. The molecule has 0 radical (unpaired) electrons. The highest BCUT2D eigenvalue weighted by molar-refractivity contribution is 6.02. The number of nitrogens with one attached hydrogen (secondary N) is 3. The number of H-pyrrole nitrogens is 2. The summed E-state index contributed by atoms with van der Waals surface area (Å²) in [5, 5.41) is 12.9. The van der Waals surface area contributed by atoms with Crippen molar-refractivity contribution < 1.29 is 4.79 Å². The Labute approximate surface area is 194 Å². The number of carbonyl (C=O) groups is 1. The Hall–Kier alpha value is -3.16. The molecule has 4 aromatic rings. The quantitative estimate of drug-likeness (QED) is 0.403. The van der Waals surface area contributed by atoms with E-state index in [0.717, 1.165) is 40.9 Å².